The van der Waals surface area contributed by atoms with Crippen LogP contribution in [0, 0.1) is 0 Å². The molecule has 122 valence electrons. The molecule has 23 heavy (non-hydrogen) atoms. The molecule has 0 bridgehead atoms. The van der Waals surface area contributed by atoms with Crippen molar-refractivity contribution < 1.29 is 9.47 Å². The lowest BCUT2D eigenvalue weighted by molar-refractivity contribution is 0.284. The van der Waals surface area contributed by atoms with E-state index in [-0.39, 0.29) is 0 Å². The van der Waals surface area contributed by atoms with Crippen LogP contribution in [0.4, 0.5) is 0 Å². The molecule has 0 aliphatic heterocycles. The summed E-state index contributed by atoms with van der Waals surface area (Å²) in [6.07, 6.45) is 5.30. The van der Waals surface area contributed by atoms with E-state index in [9.17, 15) is 0 Å². The van der Waals surface area contributed by atoms with Gasteiger partial charge >= 0.3 is 0 Å². The number of ether oxygens (including phenoxy) is 2. The van der Waals surface area contributed by atoms with E-state index in [1.165, 1.54) is 31.2 Å². The van der Waals surface area contributed by atoms with E-state index in [1.807, 2.05) is 24.3 Å². The minimum atomic E-state index is 0.552. The Morgan fingerprint density at radius 2 is 1.74 bits per heavy atom. The molecule has 1 aliphatic rings. The second-order valence-corrected chi connectivity index (χ2v) is 6.12. The molecule has 2 aromatic carbocycles. The molecule has 0 saturated heterocycles. The van der Waals surface area contributed by atoms with E-state index < -0.39 is 0 Å². The predicted molar refractivity (Wildman–Crippen MR) is 92.9 cm³/mol. The standard InChI is InChI=1S/C20H25NO2/c1-22-19-12-11-17(14-21-18-9-5-6-10-18)13-20(19)23-15-16-7-3-2-4-8-16/h2-4,7-8,11-13,18,21H,5-6,9-10,14-15H2,1H3. The molecule has 1 N–H and O–H groups in total. The summed E-state index contributed by atoms with van der Waals surface area (Å²) in [6.45, 7) is 1.44. The Balaban J connectivity index is 1.63. The fraction of sp³-hybridized carbons (Fsp3) is 0.400. The number of nitrogens with one attached hydrogen (secondary N) is 1. The maximum absolute atomic E-state index is 5.97. The maximum atomic E-state index is 5.97. The van der Waals surface area contributed by atoms with E-state index >= 15 is 0 Å². The molecular formula is C20H25NO2. The maximum Gasteiger partial charge on any atom is 0.161 e. The molecule has 0 unspecified atom stereocenters. The highest BCUT2D eigenvalue weighted by Crippen LogP contribution is 2.29. The average Bonchev–Trinajstić information content (AvgIpc) is 3.12. The molecule has 0 atom stereocenters. The minimum Gasteiger partial charge on any atom is -0.493 e. The van der Waals surface area contributed by atoms with Gasteiger partial charge in [-0.25, -0.2) is 0 Å². The van der Waals surface area contributed by atoms with Gasteiger partial charge in [-0.1, -0.05) is 49.2 Å². The predicted octanol–water partition coefficient (Wildman–Crippen LogP) is 4.31. The van der Waals surface area contributed by atoms with Gasteiger partial charge < -0.3 is 14.8 Å². The fourth-order valence-corrected chi connectivity index (χ4v) is 3.07. The van der Waals surface area contributed by atoms with Gasteiger partial charge in [0.25, 0.3) is 0 Å². The van der Waals surface area contributed by atoms with Gasteiger partial charge in [-0.15, -0.1) is 0 Å². The number of hydrogen-bond acceptors (Lipinski definition) is 3. The van der Waals surface area contributed by atoms with Crippen LogP contribution in [0.1, 0.15) is 36.8 Å². The third kappa shape index (κ3) is 4.49. The monoisotopic (exact) mass is 311 g/mol. The molecule has 3 rings (SSSR count). The normalized spacial score (nSPS) is 14.8. The van der Waals surface area contributed by atoms with E-state index in [1.54, 1.807) is 7.11 Å². The molecule has 0 spiro atoms. The molecule has 1 fully saturated rings. The van der Waals surface area contributed by atoms with Crippen LogP contribution in [-0.2, 0) is 13.2 Å². The summed E-state index contributed by atoms with van der Waals surface area (Å²) in [7, 11) is 1.68. The summed E-state index contributed by atoms with van der Waals surface area (Å²) < 4.78 is 11.4. The molecule has 1 saturated carbocycles. The Labute approximate surface area is 138 Å². The zero-order valence-corrected chi connectivity index (χ0v) is 13.8. The highest BCUT2D eigenvalue weighted by Gasteiger charge is 2.14. The van der Waals surface area contributed by atoms with Crippen LogP contribution in [0.15, 0.2) is 48.5 Å². The van der Waals surface area contributed by atoms with Gasteiger partial charge in [-0.3, -0.25) is 0 Å². The molecular weight excluding hydrogens is 286 g/mol. The zero-order chi connectivity index (χ0) is 15.9. The van der Waals surface area contributed by atoms with Crippen LogP contribution in [-0.4, -0.2) is 13.2 Å². The second kappa shape index (κ2) is 8.02. The SMILES string of the molecule is COc1ccc(CNC2CCCC2)cc1OCc1ccccc1. The van der Waals surface area contributed by atoms with E-state index in [2.05, 4.69) is 29.6 Å². The Morgan fingerprint density at radius 1 is 0.957 bits per heavy atom. The lowest BCUT2D eigenvalue weighted by Gasteiger charge is -2.15. The Kier molecular flexibility index (Phi) is 5.54. The zero-order valence-electron chi connectivity index (χ0n) is 13.8. The first-order valence-electron chi connectivity index (χ1n) is 8.42. The summed E-state index contributed by atoms with van der Waals surface area (Å²) >= 11 is 0. The number of hydrogen-bond donors (Lipinski definition) is 1. The summed E-state index contributed by atoms with van der Waals surface area (Å²) in [5.41, 5.74) is 2.39. The van der Waals surface area contributed by atoms with Crippen LogP contribution in [0.3, 0.4) is 0 Å². The van der Waals surface area contributed by atoms with Gasteiger partial charge in [0.2, 0.25) is 0 Å². The number of benzene rings is 2. The summed E-state index contributed by atoms with van der Waals surface area (Å²) in [5, 5.41) is 3.64. The van der Waals surface area contributed by atoms with Crippen molar-refractivity contribution >= 4 is 0 Å². The second-order valence-electron chi connectivity index (χ2n) is 6.12. The van der Waals surface area contributed by atoms with Gasteiger partial charge in [0.15, 0.2) is 11.5 Å². The Bertz CT molecular complexity index is 606. The average molecular weight is 311 g/mol. The van der Waals surface area contributed by atoms with Gasteiger partial charge in [-0.05, 0) is 36.1 Å². The van der Waals surface area contributed by atoms with Crippen molar-refractivity contribution in [1.29, 1.82) is 0 Å². The third-order valence-electron chi connectivity index (χ3n) is 4.42. The molecule has 1 aliphatic carbocycles. The van der Waals surface area contributed by atoms with Gasteiger partial charge in [0.1, 0.15) is 6.61 Å². The molecule has 0 aromatic heterocycles. The lowest BCUT2D eigenvalue weighted by atomic mass is 10.1. The summed E-state index contributed by atoms with van der Waals surface area (Å²) in [6, 6.07) is 17.1. The summed E-state index contributed by atoms with van der Waals surface area (Å²) in [5.74, 6) is 1.59. The molecule has 3 heteroatoms. The van der Waals surface area contributed by atoms with Crippen LogP contribution < -0.4 is 14.8 Å². The Morgan fingerprint density at radius 3 is 2.48 bits per heavy atom. The number of methoxy groups -OCH3 is 1. The van der Waals surface area contributed by atoms with Crippen LogP contribution in [0.2, 0.25) is 0 Å². The first-order valence-corrected chi connectivity index (χ1v) is 8.42. The smallest absolute Gasteiger partial charge is 0.161 e. The van der Waals surface area contributed by atoms with Crippen molar-refractivity contribution in [3.63, 3.8) is 0 Å². The fourth-order valence-electron chi connectivity index (χ4n) is 3.07. The van der Waals surface area contributed by atoms with Gasteiger partial charge in [-0.2, -0.15) is 0 Å². The highest BCUT2D eigenvalue weighted by molar-refractivity contribution is 5.43. The van der Waals surface area contributed by atoms with Crippen molar-refractivity contribution in [3.05, 3.63) is 59.7 Å². The van der Waals surface area contributed by atoms with E-state index in [0.717, 1.165) is 23.6 Å². The first kappa shape index (κ1) is 15.9. The minimum absolute atomic E-state index is 0.552. The van der Waals surface area contributed by atoms with Crippen LogP contribution in [0.5, 0.6) is 11.5 Å². The summed E-state index contributed by atoms with van der Waals surface area (Å²) in [4.78, 5) is 0. The highest BCUT2D eigenvalue weighted by atomic mass is 16.5. The molecule has 0 radical (unpaired) electrons. The number of rotatable bonds is 7. The van der Waals surface area contributed by atoms with Crippen molar-refractivity contribution in [1.82, 2.24) is 5.32 Å². The van der Waals surface area contributed by atoms with Crippen molar-refractivity contribution in [3.8, 4) is 11.5 Å². The van der Waals surface area contributed by atoms with Gasteiger partial charge in [0.05, 0.1) is 7.11 Å². The Hall–Kier alpha value is -2.00. The van der Waals surface area contributed by atoms with Gasteiger partial charge in [0, 0.05) is 12.6 Å². The van der Waals surface area contributed by atoms with Crippen molar-refractivity contribution in [2.75, 3.05) is 7.11 Å². The molecule has 0 heterocycles. The van der Waals surface area contributed by atoms with E-state index in [4.69, 9.17) is 9.47 Å². The lowest BCUT2D eigenvalue weighted by Crippen LogP contribution is -2.25. The third-order valence-corrected chi connectivity index (χ3v) is 4.42. The topological polar surface area (TPSA) is 30.5 Å². The van der Waals surface area contributed by atoms with Crippen molar-refractivity contribution in [2.24, 2.45) is 0 Å². The van der Waals surface area contributed by atoms with Crippen molar-refractivity contribution in [2.45, 2.75) is 44.9 Å². The van der Waals surface area contributed by atoms with Crippen LogP contribution in [0.25, 0.3) is 0 Å². The first-order chi connectivity index (χ1) is 11.3. The molecule has 2 aromatic rings. The van der Waals surface area contributed by atoms with E-state index in [0.29, 0.717) is 12.6 Å². The quantitative estimate of drug-likeness (QED) is 0.826. The molecule has 3 nitrogen and oxygen atoms in total. The van der Waals surface area contributed by atoms with Crippen LogP contribution >= 0.6 is 0 Å². The largest absolute Gasteiger partial charge is 0.493 e. The molecule has 0 amide bonds.